The summed E-state index contributed by atoms with van der Waals surface area (Å²) >= 11 is 0. The molecule has 0 aliphatic carbocycles. The third-order valence-corrected chi connectivity index (χ3v) is 4.38. The van der Waals surface area contributed by atoms with Crippen LogP contribution in [-0.4, -0.2) is 33.3 Å². The number of aromatic nitrogens is 3. The molecule has 1 aromatic heterocycles. The van der Waals surface area contributed by atoms with Gasteiger partial charge in [0.25, 0.3) is 0 Å². The Morgan fingerprint density at radius 1 is 1.08 bits per heavy atom. The van der Waals surface area contributed by atoms with Crippen LogP contribution in [0.5, 0.6) is 0 Å². The van der Waals surface area contributed by atoms with Gasteiger partial charge in [0.1, 0.15) is 6.07 Å². The first-order valence-corrected chi connectivity index (χ1v) is 8.47. The number of hydrogen-bond donors (Lipinski definition) is 1. The van der Waals surface area contributed by atoms with Crippen LogP contribution in [0.25, 0.3) is 5.69 Å². The van der Waals surface area contributed by atoms with Crippen molar-refractivity contribution in [2.75, 3.05) is 18.1 Å². The number of hydrogen-bond acceptors (Lipinski definition) is 5. The molecular formula is C20H21N5O. The van der Waals surface area contributed by atoms with Gasteiger partial charge in [-0.3, -0.25) is 0 Å². The molecule has 0 spiro atoms. The molecule has 0 amide bonds. The van der Waals surface area contributed by atoms with Gasteiger partial charge in [0.05, 0.1) is 12.3 Å². The standard InChI is InChI=1S/C20H21N5O/c1-15-7-6-10-19(16(15)2)25-22-18(13-21)20(23-25)24(11-12-26)14-17-8-4-3-5-9-17/h3-10,26H,11-12,14H2,1-2H3. The Kier molecular flexibility index (Phi) is 5.30. The number of rotatable bonds is 6. The van der Waals surface area contributed by atoms with Crippen molar-refractivity contribution in [3.8, 4) is 11.8 Å². The van der Waals surface area contributed by atoms with Gasteiger partial charge in [-0.05, 0) is 36.6 Å². The predicted molar refractivity (Wildman–Crippen MR) is 100 cm³/mol. The molecule has 0 atom stereocenters. The molecule has 6 nitrogen and oxygen atoms in total. The van der Waals surface area contributed by atoms with E-state index in [1.54, 1.807) is 0 Å². The predicted octanol–water partition coefficient (Wildman–Crippen LogP) is 2.75. The van der Waals surface area contributed by atoms with Crippen LogP contribution in [0.2, 0.25) is 0 Å². The molecule has 2 aromatic carbocycles. The average Bonchev–Trinajstić information content (AvgIpc) is 3.08. The lowest BCUT2D eigenvalue weighted by Gasteiger charge is -2.21. The molecule has 0 saturated heterocycles. The summed E-state index contributed by atoms with van der Waals surface area (Å²) in [5, 5.41) is 27.9. The fourth-order valence-corrected chi connectivity index (χ4v) is 2.83. The zero-order valence-electron chi connectivity index (χ0n) is 14.9. The van der Waals surface area contributed by atoms with E-state index in [2.05, 4.69) is 16.3 Å². The minimum atomic E-state index is -0.0337. The molecule has 0 fully saturated rings. The van der Waals surface area contributed by atoms with Crippen LogP contribution in [0.15, 0.2) is 48.5 Å². The summed E-state index contributed by atoms with van der Waals surface area (Å²) in [6, 6.07) is 17.9. The van der Waals surface area contributed by atoms with Crippen molar-refractivity contribution >= 4 is 5.82 Å². The molecule has 0 bridgehead atoms. The van der Waals surface area contributed by atoms with Crippen molar-refractivity contribution in [2.24, 2.45) is 0 Å². The Morgan fingerprint density at radius 2 is 1.85 bits per heavy atom. The van der Waals surface area contributed by atoms with Crippen molar-refractivity contribution in [3.05, 3.63) is 70.9 Å². The molecule has 0 aliphatic rings. The minimum absolute atomic E-state index is 0.0337. The molecule has 132 valence electrons. The van der Waals surface area contributed by atoms with E-state index in [-0.39, 0.29) is 12.3 Å². The zero-order valence-corrected chi connectivity index (χ0v) is 14.9. The van der Waals surface area contributed by atoms with Crippen LogP contribution in [0, 0.1) is 25.2 Å². The van der Waals surface area contributed by atoms with Crippen molar-refractivity contribution in [2.45, 2.75) is 20.4 Å². The van der Waals surface area contributed by atoms with Crippen molar-refractivity contribution in [3.63, 3.8) is 0 Å². The average molecular weight is 347 g/mol. The van der Waals surface area contributed by atoms with Crippen LogP contribution in [-0.2, 0) is 6.54 Å². The Balaban J connectivity index is 2.01. The molecule has 0 aliphatic heterocycles. The SMILES string of the molecule is Cc1cccc(-n2nc(C#N)c(N(CCO)Cc3ccccc3)n2)c1C. The molecule has 6 heteroatoms. The first-order valence-electron chi connectivity index (χ1n) is 8.47. The van der Waals surface area contributed by atoms with Gasteiger partial charge in [-0.2, -0.15) is 5.26 Å². The number of anilines is 1. The van der Waals surface area contributed by atoms with Gasteiger partial charge in [-0.15, -0.1) is 15.0 Å². The lowest BCUT2D eigenvalue weighted by molar-refractivity contribution is 0.301. The summed E-state index contributed by atoms with van der Waals surface area (Å²) in [6.45, 7) is 4.92. The molecule has 26 heavy (non-hydrogen) atoms. The first kappa shape index (κ1) is 17.6. The first-order chi connectivity index (χ1) is 12.6. The normalized spacial score (nSPS) is 10.5. The minimum Gasteiger partial charge on any atom is -0.395 e. The van der Waals surface area contributed by atoms with Crippen LogP contribution < -0.4 is 4.90 Å². The largest absolute Gasteiger partial charge is 0.395 e. The molecule has 1 heterocycles. The molecule has 0 saturated carbocycles. The summed E-state index contributed by atoms with van der Waals surface area (Å²) in [7, 11) is 0. The van der Waals surface area contributed by atoms with Crippen LogP contribution in [0.3, 0.4) is 0 Å². The number of nitriles is 1. The van der Waals surface area contributed by atoms with E-state index >= 15 is 0 Å². The number of aryl methyl sites for hydroxylation is 1. The molecule has 3 aromatic rings. The maximum absolute atomic E-state index is 9.53. The van der Waals surface area contributed by atoms with Crippen LogP contribution in [0.1, 0.15) is 22.4 Å². The quantitative estimate of drug-likeness (QED) is 0.742. The maximum atomic E-state index is 9.53. The second-order valence-electron chi connectivity index (χ2n) is 6.12. The zero-order chi connectivity index (χ0) is 18.5. The summed E-state index contributed by atoms with van der Waals surface area (Å²) in [5.41, 5.74) is 4.37. The van der Waals surface area contributed by atoms with E-state index in [1.165, 1.54) is 4.80 Å². The summed E-state index contributed by atoms with van der Waals surface area (Å²) in [6.07, 6.45) is 0. The summed E-state index contributed by atoms with van der Waals surface area (Å²) in [4.78, 5) is 3.38. The second-order valence-corrected chi connectivity index (χ2v) is 6.12. The smallest absolute Gasteiger partial charge is 0.207 e. The fraction of sp³-hybridized carbons (Fsp3) is 0.250. The number of aliphatic hydroxyl groups excluding tert-OH is 1. The molecule has 0 radical (unpaired) electrons. The van der Waals surface area contributed by atoms with Gasteiger partial charge >= 0.3 is 0 Å². The van der Waals surface area contributed by atoms with E-state index in [9.17, 15) is 10.4 Å². The monoisotopic (exact) mass is 347 g/mol. The van der Waals surface area contributed by atoms with Gasteiger partial charge in [-0.1, -0.05) is 42.5 Å². The van der Waals surface area contributed by atoms with Crippen LogP contribution >= 0.6 is 0 Å². The molecular weight excluding hydrogens is 326 g/mol. The third kappa shape index (κ3) is 3.58. The molecule has 1 N–H and O–H groups in total. The number of aliphatic hydroxyl groups is 1. The third-order valence-electron chi connectivity index (χ3n) is 4.38. The highest BCUT2D eigenvalue weighted by atomic mass is 16.3. The number of nitrogens with zero attached hydrogens (tertiary/aromatic N) is 5. The lowest BCUT2D eigenvalue weighted by atomic mass is 10.1. The molecule has 0 unspecified atom stereocenters. The van der Waals surface area contributed by atoms with Crippen LogP contribution in [0.4, 0.5) is 5.82 Å². The van der Waals surface area contributed by atoms with Crippen molar-refractivity contribution in [1.82, 2.24) is 15.0 Å². The fourth-order valence-electron chi connectivity index (χ4n) is 2.83. The van der Waals surface area contributed by atoms with Gasteiger partial charge in [0.15, 0.2) is 5.82 Å². The van der Waals surface area contributed by atoms with Crippen molar-refractivity contribution < 1.29 is 5.11 Å². The van der Waals surface area contributed by atoms with Gasteiger partial charge in [0, 0.05) is 13.1 Å². The summed E-state index contributed by atoms with van der Waals surface area (Å²) in [5.74, 6) is 0.478. The van der Waals surface area contributed by atoms with Crippen molar-refractivity contribution in [1.29, 1.82) is 5.26 Å². The highest BCUT2D eigenvalue weighted by Crippen LogP contribution is 2.22. The highest BCUT2D eigenvalue weighted by Gasteiger charge is 2.19. The van der Waals surface area contributed by atoms with Gasteiger partial charge in [0.2, 0.25) is 5.69 Å². The van der Waals surface area contributed by atoms with E-state index in [4.69, 9.17) is 0 Å². The highest BCUT2D eigenvalue weighted by molar-refractivity contribution is 5.52. The van der Waals surface area contributed by atoms with Gasteiger partial charge in [-0.25, -0.2) is 0 Å². The Labute approximate surface area is 152 Å². The Hall–Kier alpha value is -3.17. The van der Waals surface area contributed by atoms with E-state index < -0.39 is 0 Å². The Morgan fingerprint density at radius 3 is 2.54 bits per heavy atom. The van der Waals surface area contributed by atoms with Gasteiger partial charge < -0.3 is 10.0 Å². The Bertz CT molecular complexity index is 927. The molecule has 3 rings (SSSR count). The van der Waals surface area contributed by atoms with E-state index in [1.807, 2.05) is 67.3 Å². The second kappa shape index (κ2) is 7.81. The van der Waals surface area contributed by atoms with E-state index in [0.717, 1.165) is 22.4 Å². The topological polar surface area (TPSA) is 78.0 Å². The van der Waals surface area contributed by atoms with E-state index in [0.29, 0.717) is 18.9 Å². The summed E-state index contributed by atoms with van der Waals surface area (Å²) < 4.78 is 0. The maximum Gasteiger partial charge on any atom is 0.207 e. The lowest BCUT2D eigenvalue weighted by Crippen LogP contribution is -2.27. The number of benzene rings is 2.